The van der Waals surface area contributed by atoms with Crippen molar-refractivity contribution in [1.82, 2.24) is 10.6 Å². The lowest BCUT2D eigenvalue weighted by atomic mass is 10.1. The number of hydrogen-bond donors (Lipinski definition) is 2. The number of ether oxygens (including phenoxy) is 1. The summed E-state index contributed by atoms with van der Waals surface area (Å²) in [6, 6.07) is 12.4. The zero-order valence-corrected chi connectivity index (χ0v) is 14.5. The van der Waals surface area contributed by atoms with Crippen LogP contribution in [0.25, 0.3) is 0 Å². The van der Waals surface area contributed by atoms with Crippen LogP contribution in [0.1, 0.15) is 40.8 Å². The predicted octanol–water partition coefficient (Wildman–Crippen LogP) is 3.81. The van der Waals surface area contributed by atoms with E-state index in [0.717, 1.165) is 29.5 Å². The van der Waals surface area contributed by atoms with Crippen molar-refractivity contribution in [3.63, 3.8) is 0 Å². The largest absolute Gasteiger partial charge is 0.375 e. The van der Waals surface area contributed by atoms with Crippen LogP contribution in [0.15, 0.2) is 42.5 Å². The van der Waals surface area contributed by atoms with Crippen molar-refractivity contribution in [2.45, 2.75) is 31.9 Å². The molecule has 0 spiro atoms. The SMILES string of the molecule is COC(CNC(=O)NC1CCc2ccc(F)cc21)c1ccc(C)cc1. The number of rotatable bonds is 5. The molecule has 25 heavy (non-hydrogen) atoms. The fourth-order valence-corrected chi connectivity index (χ4v) is 3.24. The number of fused-ring (bicyclic) bond motifs is 1. The lowest BCUT2D eigenvalue weighted by Crippen LogP contribution is -2.39. The quantitative estimate of drug-likeness (QED) is 0.868. The Morgan fingerprint density at radius 1 is 1.28 bits per heavy atom. The molecule has 5 heteroatoms. The van der Waals surface area contributed by atoms with E-state index in [9.17, 15) is 9.18 Å². The number of carbonyl (C=O) groups is 1. The Hall–Kier alpha value is -2.40. The average molecular weight is 342 g/mol. The van der Waals surface area contributed by atoms with E-state index in [0.29, 0.717) is 6.54 Å². The van der Waals surface area contributed by atoms with Gasteiger partial charge in [0.2, 0.25) is 0 Å². The third kappa shape index (κ3) is 4.17. The molecule has 2 amide bonds. The highest BCUT2D eigenvalue weighted by molar-refractivity contribution is 5.74. The van der Waals surface area contributed by atoms with Crippen molar-refractivity contribution in [2.75, 3.05) is 13.7 Å². The molecule has 0 bridgehead atoms. The number of halogens is 1. The van der Waals surface area contributed by atoms with E-state index in [2.05, 4.69) is 10.6 Å². The van der Waals surface area contributed by atoms with Crippen molar-refractivity contribution in [3.8, 4) is 0 Å². The van der Waals surface area contributed by atoms with Crippen molar-refractivity contribution >= 4 is 6.03 Å². The number of benzene rings is 2. The summed E-state index contributed by atoms with van der Waals surface area (Å²) in [6.45, 7) is 2.40. The number of hydrogen-bond acceptors (Lipinski definition) is 2. The van der Waals surface area contributed by atoms with Crippen molar-refractivity contribution < 1.29 is 13.9 Å². The monoisotopic (exact) mass is 342 g/mol. The number of aryl methyl sites for hydroxylation is 2. The molecule has 0 heterocycles. The third-order valence-electron chi connectivity index (χ3n) is 4.67. The molecule has 4 nitrogen and oxygen atoms in total. The lowest BCUT2D eigenvalue weighted by molar-refractivity contribution is 0.104. The van der Waals surface area contributed by atoms with Gasteiger partial charge in [0.1, 0.15) is 5.82 Å². The molecule has 0 aromatic heterocycles. The maximum atomic E-state index is 13.4. The van der Waals surface area contributed by atoms with Gasteiger partial charge in [-0.15, -0.1) is 0 Å². The van der Waals surface area contributed by atoms with E-state index in [1.165, 1.54) is 17.7 Å². The summed E-state index contributed by atoms with van der Waals surface area (Å²) in [5.41, 5.74) is 4.16. The fraction of sp³-hybridized carbons (Fsp3) is 0.350. The molecule has 2 N–H and O–H groups in total. The molecule has 0 radical (unpaired) electrons. The Kier molecular flexibility index (Phi) is 5.34. The van der Waals surface area contributed by atoms with Crippen LogP contribution in [0.4, 0.5) is 9.18 Å². The Morgan fingerprint density at radius 2 is 2.04 bits per heavy atom. The molecule has 2 unspecified atom stereocenters. The van der Waals surface area contributed by atoms with Crippen LogP contribution in [0, 0.1) is 12.7 Å². The first kappa shape index (κ1) is 17.4. The summed E-state index contributed by atoms with van der Waals surface area (Å²) in [5, 5.41) is 5.78. The summed E-state index contributed by atoms with van der Waals surface area (Å²) in [6.07, 6.45) is 1.43. The van der Waals surface area contributed by atoms with E-state index >= 15 is 0 Å². The predicted molar refractivity (Wildman–Crippen MR) is 94.9 cm³/mol. The summed E-state index contributed by atoms with van der Waals surface area (Å²) in [5.74, 6) is -0.272. The average Bonchev–Trinajstić information content (AvgIpc) is 2.99. The smallest absolute Gasteiger partial charge is 0.315 e. The van der Waals surface area contributed by atoms with Crippen LogP contribution in [0.5, 0.6) is 0 Å². The van der Waals surface area contributed by atoms with Crippen molar-refractivity contribution in [3.05, 3.63) is 70.5 Å². The molecular formula is C20H23FN2O2. The van der Waals surface area contributed by atoms with Crippen LogP contribution in [0.3, 0.4) is 0 Å². The summed E-state index contributed by atoms with van der Waals surface area (Å²) in [7, 11) is 1.63. The highest BCUT2D eigenvalue weighted by Crippen LogP contribution is 2.31. The third-order valence-corrected chi connectivity index (χ3v) is 4.67. The van der Waals surface area contributed by atoms with Crippen molar-refractivity contribution in [1.29, 1.82) is 0 Å². The number of methoxy groups -OCH3 is 1. The molecule has 0 aliphatic heterocycles. The molecule has 2 aromatic carbocycles. The van der Waals surface area contributed by atoms with Gasteiger partial charge in [0.25, 0.3) is 0 Å². The molecule has 2 aromatic rings. The Balaban J connectivity index is 1.56. The summed E-state index contributed by atoms with van der Waals surface area (Å²) in [4.78, 5) is 12.2. The lowest BCUT2D eigenvalue weighted by Gasteiger charge is -2.19. The Labute approximate surface area is 147 Å². The van der Waals surface area contributed by atoms with Gasteiger partial charge in [-0.25, -0.2) is 9.18 Å². The number of amides is 2. The molecule has 132 valence electrons. The first-order valence-corrected chi connectivity index (χ1v) is 8.49. The van der Waals surface area contributed by atoms with E-state index in [4.69, 9.17) is 4.74 Å². The van der Waals surface area contributed by atoms with Crippen molar-refractivity contribution in [2.24, 2.45) is 0 Å². The van der Waals surface area contributed by atoms with E-state index < -0.39 is 0 Å². The maximum Gasteiger partial charge on any atom is 0.315 e. The van der Waals surface area contributed by atoms with Gasteiger partial charge in [-0.05, 0) is 48.6 Å². The highest BCUT2D eigenvalue weighted by atomic mass is 19.1. The minimum atomic E-state index is -0.272. The van der Waals surface area contributed by atoms with Crippen LogP contribution >= 0.6 is 0 Å². The molecule has 3 rings (SSSR count). The maximum absolute atomic E-state index is 13.4. The standard InChI is InChI=1S/C20H23FN2O2/c1-13-3-5-15(6-4-13)19(25-2)12-22-20(24)23-18-10-8-14-7-9-16(21)11-17(14)18/h3-7,9,11,18-19H,8,10,12H2,1-2H3,(H2,22,23,24). The second kappa shape index (κ2) is 7.66. The topological polar surface area (TPSA) is 50.4 Å². The van der Waals surface area contributed by atoms with E-state index in [-0.39, 0.29) is 24.0 Å². The van der Waals surface area contributed by atoms with Gasteiger partial charge in [0.05, 0.1) is 12.1 Å². The van der Waals surface area contributed by atoms with Gasteiger partial charge in [0, 0.05) is 13.7 Å². The molecule has 0 saturated carbocycles. The minimum Gasteiger partial charge on any atom is -0.375 e. The van der Waals surface area contributed by atoms with Gasteiger partial charge >= 0.3 is 6.03 Å². The summed E-state index contributed by atoms with van der Waals surface area (Å²) >= 11 is 0. The molecular weight excluding hydrogens is 319 g/mol. The molecule has 0 saturated heterocycles. The van der Waals surface area contributed by atoms with Gasteiger partial charge in [-0.2, -0.15) is 0 Å². The molecule has 1 aliphatic carbocycles. The molecule has 0 fully saturated rings. The van der Waals surface area contributed by atoms with Gasteiger partial charge < -0.3 is 15.4 Å². The highest BCUT2D eigenvalue weighted by Gasteiger charge is 2.24. The van der Waals surface area contributed by atoms with E-state index in [1.807, 2.05) is 31.2 Å². The first-order chi connectivity index (χ1) is 12.1. The normalized spacial score (nSPS) is 17.0. The number of urea groups is 1. The van der Waals surface area contributed by atoms with Gasteiger partial charge in [-0.3, -0.25) is 0 Å². The summed E-state index contributed by atoms with van der Waals surface area (Å²) < 4.78 is 18.9. The fourth-order valence-electron chi connectivity index (χ4n) is 3.24. The van der Waals surface area contributed by atoms with Gasteiger partial charge in [0.15, 0.2) is 0 Å². The van der Waals surface area contributed by atoms with Crippen LogP contribution < -0.4 is 10.6 Å². The number of nitrogens with one attached hydrogen (secondary N) is 2. The Morgan fingerprint density at radius 3 is 2.76 bits per heavy atom. The van der Waals surface area contributed by atoms with Crippen LogP contribution in [-0.4, -0.2) is 19.7 Å². The first-order valence-electron chi connectivity index (χ1n) is 8.49. The van der Waals surface area contributed by atoms with E-state index in [1.54, 1.807) is 13.2 Å². The molecule has 1 aliphatic rings. The van der Waals surface area contributed by atoms with Crippen LogP contribution in [-0.2, 0) is 11.2 Å². The Bertz CT molecular complexity index is 746. The zero-order valence-electron chi connectivity index (χ0n) is 14.5. The minimum absolute atomic E-state index is 0.147. The zero-order chi connectivity index (χ0) is 17.8. The molecule has 2 atom stereocenters. The second-order valence-electron chi connectivity index (χ2n) is 6.42. The van der Waals surface area contributed by atoms with Gasteiger partial charge in [-0.1, -0.05) is 35.9 Å². The van der Waals surface area contributed by atoms with Crippen LogP contribution in [0.2, 0.25) is 0 Å². The number of carbonyl (C=O) groups excluding carboxylic acids is 1. The second-order valence-corrected chi connectivity index (χ2v) is 6.42.